The average Bonchev–Trinajstić information content (AvgIpc) is 3.29. The third-order valence-corrected chi connectivity index (χ3v) is 12.6. The van der Waals surface area contributed by atoms with Gasteiger partial charge in [-0.1, -0.05) is 79.4 Å². The van der Waals surface area contributed by atoms with Crippen molar-refractivity contribution in [3.8, 4) is 0 Å². The van der Waals surface area contributed by atoms with Gasteiger partial charge in [-0.15, -0.1) is 0 Å². The molecule has 4 nitrogen and oxygen atoms in total. The van der Waals surface area contributed by atoms with Crippen LogP contribution >= 0.6 is 0 Å². The number of allylic oxidation sites excluding steroid dienone is 1. The molecule has 4 heteroatoms. The average molecular weight is 571 g/mol. The zero-order valence-corrected chi connectivity index (χ0v) is 27.6. The van der Waals surface area contributed by atoms with Crippen LogP contribution in [-0.4, -0.2) is 24.6 Å². The predicted octanol–water partition coefficient (Wildman–Crippen LogP) is 9.70. The van der Waals surface area contributed by atoms with Crippen LogP contribution < -0.4 is 0 Å². The summed E-state index contributed by atoms with van der Waals surface area (Å²) in [6.45, 7) is 16.8. The van der Waals surface area contributed by atoms with E-state index >= 15 is 0 Å². The van der Waals surface area contributed by atoms with Crippen LogP contribution in [0.4, 0.5) is 0 Å². The van der Waals surface area contributed by atoms with Gasteiger partial charge in [-0.2, -0.15) is 0 Å². The number of carbonyl (C=O) groups excluding carboxylic acids is 2. The van der Waals surface area contributed by atoms with Gasteiger partial charge < -0.3 is 9.47 Å². The van der Waals surface area contributed by atoms with Crippen molar-refractivity contribution in [2.75, 3.05) is 6.61 Å². The first kappa shape index (κ1) is 32.6. The summed E-state index contributed by atoms with van der Waals surface area (Å²) in [4.78, 5) is 24.4. The minimum atomic E-state index is -0.134. The summed E-state index contributed by atoms with van der Waals surface area (Å²) < 4.78 is 11.3. The highest BCUT2D eigenvalue weighted by Gasteiger charge is 2.59. The summed E-state index contributed by atoms with van der Waals surface area (Å²) in [7, 11) is 0. The topological polar surface area (TPSA) is 52.6 Å². The van der Waals surface area contributed by atoms with Crippen LogP contribution in [0.2, 0.25) is 0 Å². The molecule has 3 saturated carbocycles. The zero-order chi connectivity index (χ0) is 29.8. The van der Waals surface area contributed by atoms with Gasteiger partial charge in [-0.25, -0.2) is 0 Å². The van der Waals surface area contributed by atoms with Crippen molar-refractivity contribution in [2.24, 2.45) is 52.3 Å². The molecule has 0 spiro atoms. The largest absolute Gasteiger partial charge is 0.465 e. The van der Waals surface area contributed by atoms with Crippen molar-refractivity contribution in [1.82, 2.24) is 0 Å². The van der Waals surface area contributed by atoms with Crippen LogP contribution in [0, 0.1) is 52.3 Å². The van der Waals surface area contributed by atoms with Crippen LogP contribution in [-0.2, 0) is 19.1 Å². The van der Waals surface area contributed by atoms with E-state index in [0.717, 1.165) is 61.2 Å². The Kier molecular flexibility index (Phi) is 11.1. The molecule has 0 radical (unpaired) electrons. The molecule has 0 bridgehead atoms. The number of ether oxygens (including phenoxy) is 2. The lowest BCUT2D eigenvalue weighted by Crippen LogP contribution is -2.51. The van der Waals surface area contributed by atoms with Crippen LogP contribution in [0.3, 0.4) is 0 Å². The van der Waals surface area contributed by atoms with Gasteiger partial charge in [0.05, 0.1) is 12.5 Å². The molecular formula is C37H62O4. The molecule has 9 atom stereocenters. The molecule has 9 unspecified atom stereocenters. The van der Waals surface area contributed by atoms with E-state index < -0.39 is 0 Å². The molecule has 0 aliphatic heterocycles. The normalized spacial score (nSPS) is 36.0. The van der Waals surface area contributed by atoms with Gasteiger partial charge in [0.1, 0.15) is 6.10 Å². The molecule has 3 fully saturated rings. The van der Waals surface area contributed by atoms with E-state index in [9.17, 15) is 9.59 Å². The molecular weight excluding hydrogens is 508 g/mol. The van der Waals surface area contributed by atoms with E-state index in [-0.39, 0.29) is 29.4 Å². The fourth-order valence-corrected chi connectivity index (χ4v) is 9.85. The van der Waals surface area contributed by atoms with Gasteiger partial charge in [0.25, 0.3) is 0 Å². The highest BCUT2D eigenvalue weighted by Crippen LogP contribution is 2.67. The first-order valence-electron chi connectivity index (χ1n) is 17.5. The molecule has 234 valence electrons. The lowest BCUT2D eigenvalue weighted by Gasteiger charge is -2.58. The fraction of sp³-hybridized carbons (Fsp3) is 0.892. The third-order valence-electron chi connectivity index (χ3n) is 12.6. The Morgan fingerprint density at radius 2 is 1.73 bits per heavy atom. The Morgan fingerprint density at radius 3 is 2.46 bits per heavy atom. The summed E-state index contributed by atoms with van der Waals surface area (Å²) in [5.41, 5.74) is 2.40. The minimum Gasteiger partial charge on any atom is -0.465 e. The molecule has 0 heterocycles. The molecule has 0 aromatic rings. The molecule has 0 saturated heterocycles. The van der Waals surface area contributed by atoms with Crippen molar-refractivity contribution in [2.45, 2.75) is 151 Å². The van der Waals surface area contributed by atoms with E-state index in [1.165, 1.54) is 51.4 Å². The molecule has 0 N–H and O–H groups in total. The number of carbonyl (C=O) groups is 2. The molecule has 0 amide bonds. The SMILES string of the molecule is CCC(C)C(=O)OCCCCC(=O)OC1CCC2(C)C(=CCC3C2CCC2(C)C(C(C)CCCC(C)C)CCC32)C1. The zero-order valence-electron chi connectivity index (χ0n) is 27.6. The molecule has 4 rings (SSSR count). The quantitative estimate of drug-likeness (QED) is 0.126. The van der Waals surface area contributed by atoms with Crippen molar-refractivity contribution in [3.63, 3.8) is 0 Å². The maximum atomic E-state index is 12.6. The second-order valence-electron chi connectivity index (χ2n) is 15.6. The number of esters is 2. The Labute approximate surface area is 252 Å². The van der Waals surface area contributed by atoms with Crippen molar-refractivity contribution >= 4 is 11.9 Å². The van der Waals surface area contributed by atoms with Crippen molar-refractivity contribution < 1.29 is 19.1 Å². The minimum absolute atomic E-state index is 0.0259. The van der Waals surface area contributed by atoms with E-state index in [4.69, 9.17) is 9.47 Å². The van der Waals surface area contributed by atoms with Crippen LogP contribution in [0.15, 0.2) is 11.6 Å². The smallest absolute Gasteiger partial charge is 0.308 e. The summed E-state index contributed by atoms with van der Waals surface area (Å²) in [5.74, 6) is 4.82. The summed E-state index contributed by atoms with van der Waals surface area (Å²) in [5, 5.41) is 0. The Bertz CT molecular complexity index is 922. The lowest BCUT2D eigenvalue weighted by molar-refractivity contribution is -0.151. The summed E-state index contributed by atoms with van der Waals surface area (Å²) in [6.07, 6.45) is 19.4. The van der Waals surface area contributed by atoms with E-state index in [0.29, 0.717) is 31.3 Å². The van der Waals surface area contributed by atoms with E-state index in [1.807, 2.05) is 13.8 Å². The van der Waals surface area contributed by atoms with Gasteiger partial charge in [-0.05, 0) is 111 Å². The standard InChI is InChI=1S/C37H62O4/c1-8-26(4)35(39)40-23-10-9-14-34(38)41-29-19-21-36(6)28(24-29)15-16-30-32-18-17-31(27(5)13-11-12-25(2)3)37(32,7)22-20-33(30)36/h15,25-27,29-33H,8-14,16-24H2,1-7H3. The molecule has 0 aromatic carbocycles. The van der Waals surface area contributed by atoms with Gasteiger partial charge in [-0.3, -0.25) is 9.59 Å². The Balaban J connectivity index is 1.27. The van der Waals surface area contributed by atoms with Crippen molar-refractivity contribution in [3.05, 3.63) is 11.6 Å². The predicted molar refractivity (Wildman–Crippen MR) is 167 cm³/mol. The second-order valence-corrected chi connectivity index (χ2v) is 15.6. The Morgan fingerprint density at radius 1 is 0.951 bits per heavy atom. The van der Waals surface area contributed by atoms with Crippen LogP contribution in [0.5, 0.6) is 0 Å². The van der Waals surface area contributed by atoms with Crippen LogP contribution in [0.25, 0.3) is 0 Å². The highest BCUT2D eigenvalue weighted by atomic mass is 16.5. The van der Waals surface area contributed by atoms with E-state index in [1.54, 1.807) is 5.57 Å². The monoisotopic (exact) mass is 570 g/mol. The summed E-state index contributed by atoms with van der Waals surface area (Å²) >= 11 is 0. The molecule has 0 aromatic heterocycles. The van der Waals surface area contributed by atoms with Crippen LogP contribution in [0.1, 0.15) is 145 Å². The Hall–Kier alpha value is -1.32. The third kappa shape index (κ3) is 7.26. The van der Waals surface area contributed by atoms with Gasteiger partial charge in [0.2, 0.25) is 0 Å². The van der Waals surface area contributed by atoms with E-state index in [2.05, 4.69) is 40.7 Å². The van der Waals surface area contributed by atoms with Crippen molar-refractivity contribution in [1.29, 1.82) is 0 Å². The van der Waals surface area contributed by atoms with Gasteiger partial charge in [0.15, 0.2) is 0 Å². The molecule has 4 aliphatic rings. The number of rotatable bonds is 13. The number of unbranched alkanes of at least 4 members (excludes halogenated alkanes) is 1. The maximum Gasteiger partial charge on any atom is 0.308 e. The number of hydrogen-bond acceptors (Lipinski definition) is 4. The highest BCUT2D eigenvalue weighted by molar-refractivity contribution is 5.72. The molecule has 4 aliphatic carbocycles. The first-order chi connectivity index (χ1) is 19.5. The number of fused-ring (bicyclic) bond motifs is 5. The first-order valence-corrected chi connectivity index (χ1v) is 17.5. The van der Waals surface area contributed by atoms with Gasteiger partial charge in [0, 0.05) is 12.8 Å². The summed E-state index contributed by atoms with van der Waals surface area (Å²) in [6, 6.07) is 0. The second kappa shape index (κ2) is 14.0. The maximum absolute atomic E-state index is 12.6. The van der Waals surface area contributed by atoms with Gasteiger partial charge >= 0.3 is 11.9 Å². The lowest BCUT2D eigenvalue weighted by atomic mass is 9.47. The fourth-order valence-electron chi connectivity index (χ4n) is 9.85. The number of hydrogen-bond donors (Lipinski definition) is 0. The molecule has 41 heavy (non-hydrogen) atoms.